The molecule has 0 aliphatic rings. The first-order valence-corrected chi connectivity index (χ1v) is 9.68. The predicted molar refractivity (Wildman–Crippen MR) is 113 cm³/mol. The van der Waals surface area contributed by atoms with Crippen molar-refractivity contribution < 1.29 is 29.0 Å². The van der Waals surface area contributed by atoms with Gasteiger partial charge in [-0.25, -0.2) is 4.79 Å². The van der Waals surface area contributed by atoms with Crippen molar-refractivity contribution in [1.82, 2.24) is 10.6 Å². The number of aliphatic hydroxyl groups is 1. The lowest BCUT2D eigenvalue weighted by Crippen LogP contribution is -2.57. The van der Waals surface area contributed by atoms with Gasteiger partial charge in [0.25, 0.3) is 0 Å². The number of hydrogen-bond acceptors (Lipinski definition) is 6. The summed E-state index contributed by atoms with van der Waals surface area (Å²) in [5.41, 5.74) is 6.94. The fourth-order valence-electron chi connectivity index (χ4n) is 2.78. The number of carbonyl (C=O) groups excluding carboxylic acids is 3. The van der Waals surface area contributed by atoms with Crippen molar-refractivity contribution in [3.05, 3.63) is 65.7 Å². The molecule has 166 valence electrons. The molecule has 2 rings (SSSR count). The number of amides is 3. The maximum absolute atomic E-state index is 12.6. The van der Waals surface area contributed by atoms with E-state index in [-0.39, 0.29) is 13.0 Å². The van der Waals surface area contributed by atoms with Crippen LogP contribution < -0.4 is 21.1 Å². The van der Waals surface area contributed by atoms with Crippen LogP contribution in [0, 0.1) is 0 Å². The van der Waals surface area contributed by atoms with Crippen molar-refractivity contribution in [2.24, 2.45) is 5.73 Å². The summed E-state index contributed by atoms with van der Waals surface area (Å²) < 4.78 is 10.2. The van der Waals surface area contributed by atoms with E-state index in [9.17, 15) is 19.5 Å². The van der Waals surface area contributed by atoms with Gasteiger partial charge in [-0.2, -0.15) is 0 Å². The van der Waals surface area contributed by atoms with E-state index < -0.39 is 36.1 Å². The molecule has 0 aliphatic heterocycles. The number of rotatable bonds is 10. The molecule has 0 radical (unpaired) electrons. The Morgan fingerprint density at radius 1 is 1.00 bits per heavy atom. The molecule has 2 aromatic carbocycles. The molecule has 5 N–H and O–H groups in total. The van der Waals surface area contributed by atoms with Gasteiger partial charge in [0.2, 0.25) is 11.8 Å². The second-order valence-electron chi connectivity index (χ2n) is 6.94. The number of carbonyl (C=O) groups is 3. The lowest BCUT2D eigenvalue weighted by molar-refractivity contribution is -0.130. The summed E-state index contributed by atoms with van der Waals surface area (Å²) in [4.78, 5) is 36.6. The quantitative estimate of drug-likeness (QED) is 0.442. The maximum Gasteiger partial charge on any atom is 0.408 e. The molecule has 0 aromatic heterocycles. The van der Waals surface area contributed by atoms with Crippen molar-refractivity contribution in [1.29, 1.82) is 0 Å². The SMILES string of the molecule is COc1ccc(C[C@H](NC(=O)[C@@H](NC(=O)OCc2ccccc2)[C@@H](C)O)C(N)=O)cc1. The summed E-state index contributed by atoms with van der Waals surface area (Å²) in [5, 5.41) is 14.8. The van der Waals surface area contributed by atoms with Crippen molar-refractivity contribution >= 4 is 17.9 Å². The Morgan fingerprint density at radius 2 is 1.65 bits per heavy atom. The van der Waals surface area contributed by atoms with E-state index in [2.05, 4.69) is 10.6 Å². The molecule has 0 heterocycles. The number of ether oxygens (including phenoxy) is 2. The minimum Gasteiger partial charge on any atom is -0.497 e. The number of nitrogens with two attached hydrogens (primary N) is 1. The Labute approximate surface area is 180 Å². The summed E-state index contributed by atoms with van der Waals surface area (Å²) in [6, 6.07) is 13.6. The fraction of sp³-hybridized carbons (Fsp3) is 0.318. The third-order valence-corrected chi connectivity index (χ3v) is 4.51. The number of hydrogen-bond donors (Lipinski definition) is 4. The highest BCUT2D eigenvalue weighted by molar-refractivity contribution is 5.91. The Bertz CT molecular complexity index is 871. The van der Waals surface area contributed by atoms with Crippen LogP contribution >= 0.6 is 0 Å². The molecule has 0 saturated carbocycles. The fourth-order valence-corrected chi connectivity index (χ4v) is 2.78. The highest BCUT2D eigenvalue weighted by Gasteiger charge is 2.29. The zero-order valence-corrected chi connectivity index (χ0v) is 17.4. The highest BCUT2D eigenvalue weighted by Crippen LogP contribution is 2.13. The molecule has 3 atom stereocenters. The van der Waals surface area contributed by atoms with Crippen molar-refractivity contribution in [3.63, 3.8) is 0 Å². The first-order chi connectivity index (χ1) is 14.8. The topological polar surface area (TPSA) is 140 Å². The molecule has 3 amide bonds. The van der Waals surface area contributed by atoms with Crippen molar-refractivity contribution in [3.8, 4) is 5.75 Å². The molecule has 9 heteroatoms. The van der Waals surface area contributed by atoms with Crippen LogP contribution in [0.4, 0.5) is 4.79 Å². The highest BCUT2D eigenvalue weighted by atomic mass is 16.5. The number of nitrogens with one attached hydrogen (secondary N) is 2. The van der Waals surface area contributed by atoms with E-state index in [1.54, 1.807) is 48.5 Å². The standard InChI is InChI=1S/C22H27N3O6/c1-14(26)19(25-22(29)31-13-16-6-4-3-5-7-16)21(28)24-18(20(23)27)12-15-8-10-17(30-2)11-9-15/h3-11,14,18-19,26H,12-13H2,1-2H3,(H2,23,27)(H,24,28)(H,25,29)/t14-,18+,19+/m1/s1. The van der Waals surface area contributed by atoms with E-state index in [4.69, 9.17) is 15.2 Å². The van der Waals surface area contributed by atoms with Crippen LogP contribution in [0.2, 0.25) is 0 Å². The molecule has 0 spiro atoms. The van der Waals surface area contributed by atoms with E-state index in [1.807, 2.05) is 6.07 Å². The average Bonchev–Trinajstić information content (AvgIpc) is 2.76. The van der Waals surface area contributed by atoms with Gasteiger partial charge in [0.05, 0.1) is 13.2 Å². The average molecular weight is 429 g/mol. The van der Waals surface area contributed by atoms with Gasteiger partial charge >= 0.3 is 6.09 Å². The Kier molecular flexibility index (Phi) is 8.83. The maximum atomic E-state index is 12.6. The Balaban J connectivity index is 1.97. The van der Waals surface area contributed by atoms with E-state index in [0.29, 0.717) is 5.75 Å². The second kappa shape index (κ2) is 11.6. The molecule has 0 unspecified atom stereocenters. The van der Waals surface area contributed by atoms with Gasteiger partial charge in [-0.3, -0.25) is 9.59 Å². The molecule has 2 aromatic rings. The molecule has 0 fully saturated rings. The monoisotopic (exact) mass is 429 g/mol. The number of methoxy groups -OCH3 is 1. The van der Waals surface area contributed by atoms with Crippen LogP contribution in [-0.2, 0) is 27.4 Å². The predicted octanol–water partition coefficient (Wildman–Crippen LogP) is 0.884. The van der Waals surface area contributed by atoms with Gasteiger partial charge in [-0.15, -0.1) is 0 Å². The summed E-state index contributed by atoms with van der Waals surface area (Å²) in [6.45, 7) is 1.34. The molecule has 0 bridgehead atoms. The minimum atomic E-state index is -1.33. The van der Waals surface area contributed by atoms with Gasteiger partial charge in [-0.1, -0.05) is 42.5 Å². The van der Waals surface area contributed by atoms with Gasteiger partial charge in [-0.05, 0) is 30.2 Å². The zero-order valence-electron chi connectivity index (χ0n) is 17.4. The lowest BCUT2D eigenvalue weighted by atomic mass is 10.0. The summed E-state index contributed by atoms with van der Waals surface area (Å²) in [5.74, 6) is -0.861. The second-order valence-corrected chi connectivity index (χ2v) is 6.94. The van der Waals surface area contributed by atoms with Crippen LogP contribution in [0.3, 0.4) is 0 Å². The van der Waals surface area contributed by atoms with Crippen molar-refractivity contribution in [2.45, 2.75) is 38.1 Å². The van der Waals surface area contributed by atoms with E-state index in [1.165, 1.54) is 14.0 Å². The summed E-state index contributed by atoms with van der Waals surface area (Å²) >= 11 is 0. The molecule has 0 aliphatic carbocycles. The molecule has 31 heavy (non-hydrogen) atoms. The Morgan fingerprint density at radius 3 is 2.19 bits per heavy atom. The van der Waals surface area contributed by atoms with Crippen LogP contribution in [0.1, 0.15) is 18.1 Å². The summed E-state index contributed by atoms with van der Waals surface area (Å²) in [7, 11) is 1.54. The summed E-state index contributed by atoms with van der Waals surface area (Å²) in [6.07, 6.45) is -1.98. The number of primary amides is 1. The first-order valence-electron chi connectivity index (χ1n) is 9.68. The van der Waals surface area contributed by atoms with Gasteiger partial charge in [0.15, 0.2) is 0 Å². The largest absolute Gasteiger partial charge is 0.497 e. The van der Waals surface area contributed by atoms with Crippen LogP contribution in [0.15, 0.2) is 54.6 Å². The smallest absolute Gasteiger partial charge is 0.408 e. The first kappa shape index (κ1) is 23.7. The minimum absolute atomic E-state index is 0.00218. The Hall–Kier alpha value is -3.59. The zero-order chi connectivity index (χ0) is 22.8. The lowest BCUT2D eigenvalue weighted by Gasteiger charge is -2.23. The molecular weight excluding hydrogens is 402 g/mol. The van der Waals surface area contributed by atoms with Crippen LogP contribution in [0.25, 0.3) is 0 Å². The van der Waals surface area contributed by atoms with Gasteiger partial charge in [0.1, 0.15) is 24.4 Å². The third kappa shape index (κ3) is 7.63. The van der Waals surface area contributed by atoms with E-state index in [0.717, 1.165) is 11.1 Å². The molecule has 9 nitrogen and oxygen atoms in total. The molecule has 0 saturated heterocycles. The number of alkyl carbamates (subject to hydrolysis) is 1. The third-order valence-electron chi connectivity index (χ3n) is 4.51. The normalized spacial score (nSPS) is 13.4. The number of benzene rings is 2. The van der Waals surface area contributed by atoms with Crippen molar-refractivity contribution in [2.75, 3.05) is 7.11 Å². The van der Waals surface area contributed by atoms with Gasteiger partial charge in [0, 0.05) is 6.42 Å². The van der Waals surface area contributed by atoms with E-state index >= 15 is 0 Å². The van der Waals surface area contributed by atoms with Crippen LogP contribution in [0.5, 0.6) is 5.75 Å². The number of aliphatic hydroxyl groups excluding tert-OH is 1. The van der Waals surface area contributed by atoms with Gasteiger partial charge < -0.3 is 30.9 Å². The van der Waals surface area contributed by atoms with Crippen LogP contribution in [-0.4, -0.2) is 48.3 Å². The molecular formula is C22H27N3O6.